The predicted molar refractivity (Wildman–Crippen MR) is 112 cm³/mol. The van der Waals surface area contributed by atoms with Crippen LogP contribution in [0.1, 0.15) is 18.2 Å². The Morgan fingerprint density at radius 3 is 2.90 bits per heavy atom. The zero-order valence-corrected chi connectivity index (χ0v) is 18.4. The lowest BCUT2D eigenvalue weighted by Crippen LogP contribution is -2.31. The number of rotatable bonds is 7. The maximum atomic E-state index is 12.4. The third-order valence-electron chi connectivity index (χ3n) is 4.06. The number of carbonyl (C=O) groups is 3. The lowest BCUT2D eigenvalue weighted by atomic mass is 10.1. The van der Waals surface area contributed by atoms with Crippen molar-refractivity contribution in [3.05, 3.63) is 42.1 Å². The fraction of sp³-hybridized carbons (Fsp3) is 0.278. The van der Waals surface area contributed by atoms with Crippen LogP contribution in [0.25, 0.3) is 5.57 Å². The molecule has 0 spiro atoms. The average Bonchev–Trinajstić information content (AvgIpc) is 3.13. The molecule has 11 heteroatoms. The first-order valence-electron chi connectivity index (χ1n) is 8.60. The summed E-state index contributed by atoms with van der Waals surface area (Å²) in [7, 11) is 0. The van der Waals surface area contributed by atoms with Gasteiger partial charge in [-0.25, -0.2) is 4.99 Å². The summed E-state index contributed by atoms with van der Waals surface area (Å²) in [5, 5.41) is 14.2. The summed E-state index contributed by atoms with van der Waals surface area (Å²) in [6.07, 6.45) is -0.00671. The minimum Gasteiger partial charge on any atom is -0.493 e. The molecule has 0 unspecified atom stereocenters. The fourth-order valence-corrected chi connectivity index (χ4v) is 4.50. The van der Waals surface area contributed by atoms with Gasteiger partial charge in [-0.05, 0) is 37.3 Å². The van der Waals surface area contributed by atoms with Crippen LogP contribution in [0.5, 0.6) is 5.88 Å². The molecule has 3 rings (SSSR count). The number of esters is 1. The molecule has 2 amide bonds. The van der Waals surface area contributed by atoms with Gasteiger partial charge in [-0.3, -0.25) is 19.0 Å². The number of ether oxygens (including phenoxy) is 1. The summed E-state index contributed by atoms with van der Waals surface area (Å²) in [4.78, 5) is 40.0. The van der Waals surface area contributed by atoms with Gasteiger partial charge in [0.15, 0.2) is 3.95 Å². The highest BCUT2D eigenvalue weighted by molar-refractivity contribution is 9.10. The van der Waals surface area contributed by atoms with Gasteiger partial charge in [-0.2, -0.15) is 0 Å². The normalized spacial score (nSPS) is 12.5. The number of hydrogen-bond acceptors (Lipinski definition) is 7. The molecule has 2 N–H and O–H groups in total. The molecule has 1 aromatic carbocycles. The number of nitrogens with one attached hydrogen (secondary N) is 1. The van der Waals surface area contributed by atoms with Crippen LogP contribution in [0.2, 0.25) is 0 Å². The van der Waals surface area contributed by atoms with Crippen molar-refractivity contribution in [2.24, 2.45) is 4.99 Å². The topological polar surface area (TPSA) is 110 Å². The van der Waals surface area contributed by atoms with E-state index in [0.717, 1.165) is 15.8 Å². The van der Waals surface area contributed by atoms with E-state index in [4.69, 9.17) is 17.0 Å². The zero-order chi connectivity index (χ0) is 21.1. The Morgan fingerprint density at radius 1 is 1.41 bits per heavy atom. The van der Waals surface area contributed by atoms with E-state index in [0.29, 0.717) is 19.4 Å². The molecule has 2 heterocycles. The Kier molecular flexibility index (Phi) is 6.60. The highest BCUT2D eigenvalue weighted by atomic mass is 79.9. The Morgan fingerprint density at radius 2 is 2.17 bits per heavy atom. The van der Waals surface area contributed by atoms with Gasteiger partial charge in [-0.15, -0.1) is 11.3 Å². The number of halogens is 1. The van der Waals surface area contributed by atoms with Gasteiger partial charge in [0.2, 0.25) is 11.8 Å². The smallest absolute Gasteiger partial charge is 0.325 e. The molecule has 29 heavy (non-hydrogen) atoms. The van der Waals surface area contributed by atoms with Crippen molar-refractivity contribution in [3.8, 4) is 5.88 Å². The van der Waals surface area contributed by atoms with E-state index in [2.05, 4.69) is 26.2 Å². The second kappa shape index (κ2) is 8.97. The maximum Gasteiger partial charge on any atom is 0.325 e. The minimum absolute atomic E-state index is 0.00671. The number of aromatic hydroxyl groups is 1. The first kappa shape index (κ1) is 21.3. The van der Waals surface area contributed by atoms with E-state index in [1.54, 1.807) is 25.1 Å². The molecule has 0 atom stereocenters. The number of amides is 2. The summed E-state index contributed by atoms with van der Waals surface area (Å²) in [5.74, 6) is -1.56. The van der Waals surface area contributed by atoms with E-state index in [9.17, 15) is 19.5 Å². The minimum atomic E-state index is -0.525. The Hall–Kier alpha value is -2.37. The van der Waals surface area contributed by atoms with Crippen molar-refractivity contribution < 1.29 is 24.2 Å². The first-order valence-corrected chi connectivity index (χ1v) is 10.6. The summed E-state index contributed by atoms with van der Waals surface area (Å²) in [6.45, 7) is 1.78. The van der Waals surface area contributed by atoms with Crippen LogP contribution in [0, 0.1) is 3.95 Å². The molecular formula is C18H16BrN3O5S2. The Labute approximate surface area is 182 Å². The summed E-state index contributed by atoms with van der Waals surface area (Å²) in [6, 6.07) is 5.25. The molecule has 0 saturated heterocycles. The lowest BCUT2D eigenvalue weighted by Gasteiger charge is -2.07. The highest BCUT2D eigenvalue weighted by Gasteiger charge is 2.25. The van der Waals surface area contributed by atoms with Crippen LogP contribution < -0.4 is 15.9 Å². The van der Waals surface area contributed by atoms with Crippen molar-refractivity contribution in [2.75, 3.05) is 13.2 Å². The quantitative estimate of drug-likeness (QED) is 0.438. The van der Waals surface area contributed by atoms with Crippen LogP contribution in [0.15, 0.2) is 27.7 Å². The van der Waals surface area contributed by atoms with Gasteiger partial charge in [0.1, 0.15) is 11.4 Å². The average molecular weight is 498 g/mol. The second-order valence-electron chi connectivity index (χ2n) is 5.96. The monoisotopic (exact) mass is 497 g/mol. The van der Waals surface area contributed by atoms with Crippen molar-refractivity contribution in [2.45, 2.75) is 19.9 Å². The molecule has 0 bridgehead atoms. The standard InChI is InChI=1S/C18H16BrN3O5S2/c1-2-27-13(24)8-20-12(23)5-6-22-17(26)15(29-18(22)28)14-10-7-9(19)3-4-11(10)21-16(14)25/h3-4,7,26H,2,5-6,8H2,1H3,(H,20,23). The number of nitrogens with zero attached hydrogens (tertiary/aromatic N) is 2. The fourth-order valence-electron chi connectivity index (χ4n) is 2.75. The number of aromatic nitrogens is 1. The van der Waals surface area contributed by atoms with Gasteiger partial charge in [0.25, 0.3) is 5.91 Å². The summed E-state index contributed by atoms with van der Waals surface area (Å²) < 4.78 is 7.22. The van der Waals surface area contributed by atoms with Crippen LogP contribution in [0.3, 0.4) is 0 Å². The largest absolute Gasteiger partial charge is 0.493 e. The highest BCUT2D eigenvalue weighted by Crippen LogP contribution is 2.32. The molecule has 8 nitrogen and oxygen atoms in total. The van der Waals surface area contributed by atoms with E-state index >= 15 is 0 Å². The number of hydrogen-bond donors (Lipinski definition) is 2. The van der Waals surface area contributed by atoms with Crippen LogP contribution in [0.4, 0.5) is 0 Å². The van der Waals surface area contributed by atoms with Crippen LogP contribution >= 0.6 is 39.5 Å². The predicted octanol–water partition coefficient (Wildman–Crippen LogP) is 1.18. The number of carbonyl (C=O) groups excluding carboxylic acids is 3. The summed E-state index contributed by atoms with van der Waals surface area (Å²) >= 11 is 9.75. The van der Waals surface area contributed by atoms with Gasteiger partial charge >= 0.3 is 5.97 Å². The first-order chi connectivity index (χ1) is 13.8. The number of thiazole rings is 1. The molecule has 1 aromatic heterocycles. The van der Waals surface area contributed by atoms with Crippen molar-refractivity contribution >= 4 is 62.8 Å². The summed E-state index contributed by atoms with van der Waals surface area (Å²) in [5.41, 5.74) is 0.278. The van der Waals surface area contributed by atoms with E-state index in [-0.39, 0.29) is 43.5 Å². The van der Waals surface area contributed by atoms with Gasteiger partial charge in [0, 0.05) is 22.7 Å². The van der Waals surface area contributed by atoms with Crippen molar-refractivity contribution in [3.63, 3.8) is 0 Å². The molecule has 152 valence electrons. The van der Waals surface area contributed by atoms with Crippen LogP contribution in [-0.4, -0.2) is 40.6 Å². The van der Waals surface area contributed by atoms with Gasteiger partial charge < -0.3 is 15.2 Å². The second-order valence-corrected chi connectivity index (χ2v) is 8.52. The Bertz CT molecular complexity index is 1190. The number of benzene rings is 1. The maximum absolute atomic E-state index is 12.4. The molecular weight excluding hydrogens is 482 g/mol. The van der Waals surface area contributed by atoms with Gasteiger partial charge in [-0.1, -0.05) is 15.9 Å². The number of fused-ring (bicyclic) bond motifs is 1. The van der Waals surface area contributed by atoms with Crippen molar-refractivity contribution in [1.82, 2.24) is 9.88 Å². The molecule has 0 fully saturated rings. The lowest BCUT2D eigenvalue weighted by molar-refractivity contribution is -0.143. The SMILES string of the molecule is CCOC(=O)CNC(=O)CCn1c(O)c(C2=c3cc(Br)ccc3=NC2=O)sc1=S. The van der Waals surface area contributed by atoms with E-state index in [1.807, 2.05) is 0 Å². The molecule has 0 aliphatic carbocycles. The molecule has 2 aromatic rings. The molecule has 0 radical (unpaired) electrons. The molecule has 1 aliphatic rings. The van der Waals surface area contributed by atoms with Gasteiger partial charge in [0.05, 0.1) is 17.5 Å². The van der Waals surface area contributed by atoms with E-state index < -0.39 is 11.9 Å². The molecule has 0 saturated carbocycles. The third kappa shape index (κ3) is 4.62. The molecule has 1 aliphatic heterocycles. The third-order valence-corrected chi connectivity index (χ3v) is 6.01. The van der Waals surface area contributed by atoms with E-state index in [1.165, 1.54) is 4.57 Å². The zero-order valence-electron chi connectivity index (χ0n) is 15.2. The Balaban J connectivity index is 1.82. The van der Waals surface area contributed by atoms with Crippen molar-refractivity contribution in [1.29, 1.82) is 0 Å². The van der Waals surface area contributed by atoms with Crippen LogP contribution in [-0.2, 0) is 25.7 Å².